The molecule has 2 atom stereocenters. The van der Waals surface area contributed by atoms with Crippen LogP contribution in [0.4, 0.5) is 4.79 Å². The largest absolute Gasteiger partial charge is 0.508 e. The third-order valence-corrected chi connectivity index (χ3v) is 3.08. The molecule has 5 nitrogen and oxygen atoms in total. The van der Waals surface area contributed by atoms with E-state index in [0.717, 1.165) is 5.56 Å². The quantitative estimate of drug-likeness (QED) is 0.743. The minimum Gasteiger partial charge on any atom is -0.508 e. The summed E-state index contributed by atoms with van der Waals surface area (Å²) in [7, 11) is 1.71. The Labute approximate surface area is 120 Å². The first-order valence-corrected chi connectivity index (χ1v) is 6.86. The minimum atomic E-state index is -0.403. The van der Waals surface area contributed by atoms with Crippen LogP contribution in [0.15, 0.2) is 24.3 Å². The summed E-state index contributed by atoms with van der Waals surface area (Å²) >= 11 is 0. The first kappa shape index (κ1) is 16.3. The number of hydrogen-bond donors (Lipinski definition) is 3. The van der Waals surface area contributed by atoms with E-state index in [9.17, 15) is 15.0 Å². The summed E-state index contributed by atoms with van der Waals surface area (Å²) in [5, 5.41) is 21.3. The maximum absolute atomic E-state index is 11.9. The van der Waals surface area contributed by atoms with Crippen molar-refractivity contribution in [1.82, 2.24) is 10.2 Å². The first-order valence-electron chi connectivity index (χ1n) is 6.86. The molecule has 0 bridgehead atoms. The fourth-order valence-corrected chi connectivity index (χ4v) is 1.84. The Morgan fingerprint density at radius 2 is 1.90 bits per heavy atom. The Morgan fingerprint density at radius 3 is 2.45 bits per heavy atom. The van der Waals surface area contributed by atoms with Crippen LogP contribution in [0.2, 0.25) is 0 Å². The van der Waals surface area contributed by atoms with Crippen LogP contribution < -0.4 is 5.32 Å². The lowest BCUT2D eigenvalue weighted by Crippen LogP contribution is -2.43. The number of rotatable bonds is 6. The number of benzene rings is 1. The van der Waals surface area contributed by atoms with Crippen LogP contribution in [0.25, 0.3) is 0 Å². The average Bonchev–Trinajstić information content (AvgIpc) is 2.38. The third-order valence-electron chi connectivity index (χ3n) is 3.08. The molecule has 0 aliphatic rings. The standard InChI is InChI=1S/C15H24N2O3/c1-11(10-13-4-6-14(19)7-5-13)16-15(20)17(3)9-8-12(2)18/h4-7,11-12,18-19H,8-10H2,1-3H3,(H,16,20). The lowest BCUT2D eigenvalue weighted by atomic mass is 10.1. The van der Waals surface area contributed by atoms with Gasteiger partial charge in [-0.1, -0.05) is 12.1 Å². The van der Waals surface area contributed by atoms with Crippen molar-refractivity contribution in [2.45, 2.75) is 38.8 Å². The number of aliphatic hydroxyl groups excluding tert-OH is 1. The van der Waals surface area contributed by atoms with Crippen LogP contribution in [0.5, 0.6) is 5.75 Å². The Bertz CT molecular complexity index is 418. The maximum Gasteiger partial charge on any atom is 0.317 e. The van der Waals surface area contributed by atoms with Crippen LogP contribution in [0, 0.1) is 0 Å². The lowest BCUT2D eigenvalue weighted by Gasteiger charge is -2.22. The number of carbonyl (C=O) groups is 1. The molecule has 0 aliphatic heterocycles. The average molecular weight is 280 g/mol. The molecule has 1 rings (SSSR count). The van der Waals surface area contributed by atoms with Crippen LogP contribution >= 0.6 is 0 Å². The highest BCUT2D eigenvalue weighted by Crippen LogP contribution is 2.11. The zero-order valence-electron chi connectivity index (χ0n) is 12.3. The lowest BCUT2D eigenvalue weighted by molar-refractivity contribution is 0.162. The van der Waals surface area contributed by atoms with Crippen molar-refractivity contribution in [3.8, 4) is 5.75 Å². The van der Waals surface area contributed by atoms with Gasteiger partial charge in [0.05, 0.1) is 6.10 Å². The van der Waals surface area contributed by atoms with Gasteiger partial charge in [0.15, 0.2) is 0 Å². The topological polar surface area (TPSA) is 72.8 Å². The molecule has 0 radical (unpaired) electrons. The molecule has 20 heavy (non-hydrogen) atoms. The number of phenols is 1. The van der Waals surface area contributed by atoms with Gasteiger partial charge in [-0.15, -0.1) is 0 Å². The molecule has 2 amide bonds. The molecule has 112 valence electrons. The van der Waals surface area contributed by atoms with E-state index < -0.39 is 6.10 Å². The smallest absolute Gasteiger partial charge is 0.317 e. The van der Waals surface area contributed by atoms with Crippen molar-refractivity contribution in [1.29, 1.82) is 0 Å². The van der Waals surface area contributed by atoms with Gasteiger partial charge in [0.1, 0.15) is 5.75 Å². The van der Waals surface area contributed by atoms with Crippen molar-refractivity contribution >= 4 is 6.03 Å². The molecule has 3 N–H and O–H groups in total. The molecule has 0 spiro atoms. The molecular weight excluding hydrogens is 256 g/mol. The predicted molar refractivity (Wildman–Crippen MR) is 78.7 cm³/mol. The fourth-order valence-electron chi connectivity index (χ4n) is 1.84. The molecule has 2 unspecified atom stereocenters. The van der Waals surface area contributed by atoms with Gasteiger partial charge in [-0.05, 0) is 44.4 Å². The van der Waals surface area contributed by atoms with Gasteiger partial charge in [0.2, 0.25) is 0 Å². The summed E-state index contributed by atoms with van der Waals surface area (Å²) < 4.78 is 0. The molecule has 0 saturated carbocycles. The Hall–Kier alpha value is -1.75. The number of aromatic hydroxyl groups is 1. The summed E-state index contributed by atoms with van der Waals surface area (Å²) in [6.45, 7) is 4.17. The zero-order chi connectivity index (χ0) is 15.1. The van der Waals surface area contributed by atoms with Crippen LogP contribution in [-0.4, -0.2) is 46.9 Å². The SMILES string of the molecule is CC(O)CCN(C)C(=O)NC(C)Cc1ccc(O)cc1. The fraction of sp³-hybridized carbons (Fsp3) is 0.533. The highest BCUT2D eigenvalue weighted by molar-refractivity contribution is 5.74. The van der Waals surface area contributed by atoms with Crippen molar-refractivity contribution in [2.24, 2.45) is 0 Å². The summed E-state index contributed by atoms with van der Waals surface area (Å²) in [6.07, 6.45) is 0.867. The van der Waals surface area contributed by atoms with E-state index in [1.165, 1.54) is 0 Å². The predicted octanol–water partition coefficient (Wildman–Crippen LogP) is 1.74. The van der Waals surface area contributed by atoms with E-state index in [1.54, 1.807) is 31.0 Å². The number of aliphatic hydroxyl groups is 1. The highest BCUT2D eigenvalue weighted by Gasteiger charge is 2.12. The molecule has 1 aromatic rings. The molecule has 0 aliphatic carbocycles. The molecule has 0 saturated heterocycles. The highest BCUT2D eigenvalue weighted by atomic mass is 16.3. The number of nitrogens with one attached hydrogen (secondary N) is 1. The van der Waals surface area contributed by atoms with Gasteiger partial charge in [-0.25, -0.2) is 4.79 Å². The van der Waals surface area contributed by atoms with E-state index in [0.29, 0.717) is 19.4 Å². The van der Waals surface area contributed by atoms with Gasteiger partial charge in [-0.3, -0.25) is 0 Å². The molecular formula is C15H24N2O3. The van der Waals surface area contributed by atoms with E-state index in [4.69, 9.17) is 0 Å². The molecule has 1 aromatic carbocycles. The third kappa shape index (κ3) is 5.93. The van der Waals surface area contributed by atoms with Gasteiger partial charge < -0.3 is 20.4 Å². The van der Waals surface area contributed by atoms with Crippen LogP contribution in [0.1, 0.15) is 25.8 Å². The van der Waals surface area contributed by atoms with Gasteiger partial charge >= 0.3 is 6.03 Å². The summed E-state index contributed by atoms with van der Waals surface area (Å²) in [5.74, 6) is 0.239. The van der Waals surface area contributed by atoms with E-state index in [-0.39, 0.29) is 17.8 Å². The first-order chi connectivity index (χ1) is 9.38. The number of urea groups is 1. The Kier molecular flexibility index (Phi) is 6.31. The number of amides is 2. The van der Waals surface area contributed by atoms with Crippen molar-refractivity contribution in [3.63, 3.8) is 0 Å². The second-order valence-electron chi connectivity index (χ2n) is 5.28. The second-order valence-corrected chi connectivity index (χ2v) is 5.28. The number of carbonyl (C=O) groups excluding carboxylic acids is 1. The van der Waals surface area contributed by atoms with Gasteiger partial charge in [-0.2, -0.15) is 0 Å². The number of phenolic OH excluding ortho intramolecular Hbond substituents is 1. The van der Waals surface area contributed by atoms with E-state index in [1.807, 2.05) is 19.1 Å². The van der Waals surface area contributed by atoms with Crippen molar-refractivity contribution in [2.75, 3.05) is 13.6 Å². The number of nitrogens with zero attached hydrogens (tertiary/aromatic N) is 1. The van der Waals surface area contributed by atoms with E-state index >= 15 is 0 Å². The minimum absolute atomic E-state index is 0.000966. The summed E-state index contributed by atoms with van der Waals surface area (Å²) in [5.41, 5.74) is 1.06. The number of hydrogen-bond acceptors (Lipinski definition) is 3. The normalized spacial score (nSPS) is 13.6. The van der Waals surface area contributed by atoms with E-state index in [2.05, 4.69) is 5.32 Å². The maximum atomic E-state index is 11.9. The van der Waals surface area contributed by atoms with Gasteiger partial charge in [0.25, 0.3) is 0 Å². The monoisotopic (exact) mass is 280 g/mol. The van der Waals surface area contributed by atoms with Crippen LogP contribution in [-0.2, 0) is 6.42 Å². The summed E-state index contributed by atoms with van der Waals surface area (Å²) in [4.78, 5) is 13.5. The van der Waals surface area contributed by atoms with Crippen molar-refractivity contribution < 1.29 is 15.0 Å². The zero-order valence-corrected chi connectivity index (χ0v) is 12.3. The van der Waals surface area contributed by atoms with Crippen LogP contribution in [0.3, 0.4) is 0 Å². The Morgan fingerprint density at radius 1 is 1.30 bits per heavy atom. The molecule has 5 heteroatoms. The molecule has 0 aromatic heterocycles. The van der Waals surface area contributed by atoms with Gasteiger partial charge in [0, 0.05) is 19.6 Å². The molecule has 0 fully saturated rings. The van der Waals surface area contributed by atoms with Crippen molar-refractivity contribution in [3.05, 3.63) is 29.8 Å². The Balaban J connectivity index is 2.39. The second kappa shape index (κ2) is 7.75. The summed E-state index contributed by atoms with van der Waals surface area (Å²) in [6, 6.07) is 6.82. The molecule has 0 heterocycles.